The van der Waals surface area contributed by atoms with Crippen LogP contribution in [-0.2, 0) is 6.54 Å². The summed E-state index contributed by atoms with van der Waals surface area (Å²) in [5.74, 6) is 0.336. The Morgan fingerprint density at radius 3 is 2.47 bits per heavy atom. The molecule has 38 heavy (non-hydrogen) atoms. The number of carbonyl (C=O) groups is 1. The van der Waals surface area contributed by atoms with Crippen LogP contribution >= 0.6 is 0 Å². The Kier molecular flexibility index (Phi) is 8.01. The van der Waals surface area contributed by atoms with Crippen molar-refractivity contribution in [3.05, 3.63) is 95.9 Å². The number of aromatic nitrogens is 3. The fourth-order valence-electron chi connectivity index (χ4n) is 4.54. The van der Waals surface area contributed by atoms with Crippen molar-refractivity contribution in [1.82, 2.24) is 24.8 Å². The molecule has 3 heterocycles. The maximum absolute atomic E-state index is 13.0. The molecular weight excluding hydrogens is 474 g/mol. The Morgan fingerprint density at radius 1 is 0.947 bits per heavy atom. The number of hydrogen-bond donors (Lipinski definition) is 2. The number of benzene rings is 2. The summed E-state index contributed by atoms with van der Waals surface area (Å²) in [6, 6.07) is 19.4. The van der Waals surface area contributed by atoms with E-state index in [1.54, 1.807) is 18.6 Å². The lowest BCUT2D eigenvalue weighted by Crippen LogP contribution is -2.45. The standard InChI is InChI=1S/C30H33N7O/c1-3-36-15-17-37(18-16-36)21-23-7-9-24(10-8-23)29(38)33-26-11-6-22(2)28(19-26)35-30-32-14-12-27(34-30)25-5-4-13-31-20-25/h4-14,19-20H,3,15-18,21H2,1-2H3,(H,33,38)(H,32,34,35). The minimum absolute atomic E-state index is 0.141. The number of hydrogen-bond acceptors (Lipinski definition) is 7. The monoisotopic (exact) mass is 507 g/mol. The van der Waals surface area contributed by atoms with Crippen LogP contribution in [-0.4, -0.2) is 63.4 Å². The van der Waals surface area contributed by atoms with E-state index in [0.717, 1.165) is 61.8 Å². The first kappa shape index (κ1) is 25.5. The molecule has 1 saturated heterocycles. The minimum Gasteiger partial charge on any atom is -0.324 e. The van der Waals surface area contributed by atoms with Crippen molar-refractivity contribution in [2.75, 3.05) is 43.4 Å². The summed E-state index contributed by atoms with van der Waals surface area (Å²) in [7, 11) is 0. The molecule has 194 valence electrons. The third-order valence-electron chi connectivity index (χ3n) is 6.89. The number of pyridine rings is 1. The number of likely N-dealkylation sites (N-methyl/N-ethyl adjacent to an activating group) is 1. The van der Waals surface area contributed by atoms with E-state index in [2.05, 4.69) is 54.4 Å². The topological polar surface area (TPSA) is 86.3 Å². The highest BCUT2D eigenvalue weighted by Gasteiger charge is 2.16. The molecule has 4 aromatic rings. The first-order valence-corrected chi connectivity index (χ1v) is 13.0. The lowest BCUT2D eigenvalue weighted by molar-refractivity contribution is 0.102. The molecule has 8 heteroatoms. The number of anilines is 3. The highest BCUT2D eigenvalue weighted by Crippen LogP contribution is 2.24. The summed E-state index contributed by atoms with van der Waals surface area (Å²) in [5, 5.41) is 6.30. The van der Waals surface area contributed by atoms with Gasteiger partial charge in [-0.3, -0.25) is 14.7 Å². The number of nitrogens with zero attached hydrogens (tertiary/aromatic N) is 5. The molecule has 0 unspecified atom stereocenters. The summed E-state index contributed by atoms with van der Waals surface area (Å²) >= 11 is 0. The minimum atomic E-state index is -0.141. The molecule has 0 bridgehead atoms. The van der Waals surface area contributed by atoms with Crippen LogP contribution in [0.25, 0.3) is 11.3 Å². The van der Waals surface area contributed by atoms with Gasteiger partial charge in [0.25, 0.3) is 5.91 Å². The van der Waals surface area contributed by atoms with Gasteiger partial charge >= 0.3 is 0 Å². The van der Waals surface area contributed by atoms with Crippen molar-refractivity contribution in [3.8, 4) is 11.3 Å². The summed E-state index contributed by atoms with van der Waals surface area (Å²) < 4.78 is 0. The van der Waals surface area contributed by atoms with Gasteiger partial charge in [0.15, 0.2) is 0 Å². The summed E-state index contributed by atoms with van der Waals surface area (Å²) in [6.07, 6.45) is 5.22. The second kappa shape index (κ2) is 11.9. The van der Waals surface area contributed by atoms with Crippen molar-refractivity contribution in [2.45, 2.75) is 20.4 Å². The van der Waals surface area contributed by atoms with Crippen LogP contribution in [0.5, 0.6) is 0 Å². The summed E-state index contributed by atoms with van der Waals surface area (Å²) in [5.41, 5.74) is 6.09. The van der Waals surface area contributed by atoms with Crippen LogP contribution in [0, 0.1) is 6.92 Å². The second-order valence-electron chi connectivity index (χ2n) is 9.52. The van der Waals surface area contributed by atoms with E-state index >= 15 is 0 Å². The van der Waals surface area contributed by atoms with Gasteiger partial charge in [-0.05, 0) is 67.1 Å². The van der Waals surface area contributed by atoms with Crippen LogP contribution in [0.4, 0.5) is 17.3 Å². The smallest absolute Gasteiger partial charge is 0.255 e. The highest BCUT2D eigenvalue weighted by atomic mass is 16.1. The van der Waals surface area contributed by atoms with Gasteiger partial charge in [0.1, 0.15) is 0 Å². The van der Waals surface area contributed by atoms with Crippen molar-refractivity contribution >= 4 is 23.2 Å². The van der Waals surface area contributed by atoms with E-state index in [1.807, 2.05) is 55.5 Å². The molecule has 1 aliphatic rings. The van der Waals surface area contributed by atoms with Gasteiger partial charge in [0, 0.05) is 73.8 Å². The number of rotatable bonds is 8. The fourth-order valence-corrected chi connectivity index (χ4v) is 4.54. The Morgan fingerprint density at radius 2 is 1.74 bits per heavy atom. The van der Waals surface area contributed by atoms with Crippen LogP contribution in [0.2, 0.25) is 0 Å². The highest BCUT2D eigenvalue weighted by molar-refractivity contribution is 6.04. The molecule has 1 fully saturated rings. The molecule has 0 atom stereocenters. The Labute approximate surface area is 223 Å². The molecule has 2 aromatic heterocycles. The fraction of sp³-hybridized carbons (Fsp3) is 0.267. The predicted octanol–water partition coefficient (Wildman–Crippen LogP) is 4.98. The number of aryl methyl sites for hydroxylation is 1. The zero-order valence-corrected chi connectivity index (χ0v) is 21.9. The molecule has 2 aromatic carbocycles. The van der Waals surface area contributed by atoms with Crippen LogP contribution < -0.4 is 10.6 Å². The van der Waals surface area contributed by atoms with Gasteiger partial charge in [-0.1, -0.05) is 25.1 Å². The summed E-state index contributed by atoms with van der Waals surface area (Å²) in [6.45, 7) is 10.6. The van der Waals surface area contributed by atoms with Gasteiger partial charge in [-0.2, -0.15) is 0 Å². The number of carbonyl (C=O) groups excluding carboxylic acids is 1. The van der Waals surface area contributed by atoms with E-state index in [9.17, 15) is 4.79 Å². The van der Waals surface area contributed by atoms with E-state index < -0.39 is 0 Å². The maximum atomic E-state index is 13.0. The zero-order chi connectivity index (χ0) is 26.3. The lowest BCUT2D eigenvalue weighted by atomic mass is 10.1. The predicted molar refractivity (Wildman–Crippen MR) is 152 cm³/mol. The maximum Gasteiger partial charge on any atom is 0.255 e. The van der Waals surface area contributed by atoms with Gasteiger partial charge in [0.2, 0.25) is 5.95 Å². The molecule has 2 N–H and O–H groups in total. The van der Waals surface area contributed by atoms with Crippen LogP contribution in [0.1, 0.15) is 28.4 Å². The lowest BCUT2D eigenvalue weighted by Gasteiger charge is -2.34. The Balaban J connectivity index is 1.22. The normalized spacial score (nSPS) is 14.3. The molecule has 1 aliphatic heterocycles. The largest absolute Gasteiger partial charge is 0.324 e. The SMILES string of the molecule is CCN1CCN(Cc2ccc(C(=O)Nc3ccc(C)c(Nc4nccc(-c5cccnc5)n4)c3)cc2)CC1. The van der Waals surface area contributed by atoms with Gasteiger partial charge in [-0.15, -0.1) is 0 Å². The van der Waals surface area contributed by atoms with Crippen molar-refractivity contribution < 1.29 is 4.79 Å². The molecule has 0 saturated carbocycles. The molecule has 0 aliphatic carbocycles. The molecule has 1 amide bonds. The molecule has 0 radical (unpaired) electrons. The molecular formula is C30H33N7O. The van der Waals surface area contributed by atoms with Crippen LogP contribution in [0.15, 0.2) is 79.3 Å². The van der Waals surface area contributed by atoms with Crippen molar-refractivity contribution in [3.63, 3.8) is 0 Å². The molecule has 0 spiro atoms. The Hall–Kier alpha value is -4.14. The average molecular weight is 508 g/mol. The number of nitrogens with one attached hydrogen (secondary N) is 2. The average Bonchev–Trinajstić information content (AvgIpc) is 2.96. The van der Waals surface area contributed by atoms with E-state index in [-0.39, 0.29) is 5.91 Å². The zero-order valence-electron chi connectivity index (χ0n) is 21.9. The second-order valence-corrected chi connectivity index (χ2v) is 9.52. The summed E-state index contributed by atoms with van der Waals surface area (Å²) in [4.78, 5) is 31.1. The van der Waals surface area contributed by atoms with Gasteiger partial charge in [-0.25, -0.2) is 9.97 Å². The van der Waals surface area contributed by atoms with E-state index in [1.165, 1.54) is 5.56 Å². The first-order chi connectivity index (χ1) is 18.6. The van der Waals surface area contributed by atoms with Gasteiger partial charge in [0.05, 0.1) is 5.69 Å². The number of amides is 1. The van der Waals surface area contributed by atoms with Gasteiger partial charge < -0.3 is 15.5 Å². The van der Waals surface area contributed by atoms with E-state index in [0.29, 0.717) is 17.2 Å². The number of piperazine rings is 1. The third kappa shape index (κ3) is 6.40. The molecule has 5 rings (SSSR count). The van der Waals surface area contributed by atoms with Crippen molar-refractivity contribution in [2.24, 2.45) is 0 Å². The molecule has 8 nitrogen and oxygen atoms in total. The first-order valence-electron chi connectivity index (χ1n) is 13.0. The van der Waals surface area contributed by atoms with Crippen LogP contribution in [0.3, 0.4) is 0 Å². The quantitative estimate of drug-likeness (QED) is 0.348. The third-order valence-corrected chi connectivity index (χ3v) is 6.89. The van der Waals surface area contributed by atoms with E-state index in [4.69, 9.17) is 0 Å². The Bertz CT molecular complexity index is 1370. The van der Waals surface area contributed by atoms with Crippen molar-refractivity contribution in [1.29, 1.82) is 0 Å².